The van der Waals surface area contributed by atoms with Crippen LogP contribution in [0, 0.1) is 0 Å². The van der Waals surface area contributed by atoms with Crippen LogP contribution in [0.5, 0.6) is 11.5 Å². The Morgan fingerprint density at radius 2 is 1.62 bits per heavy atom. The number of phenols is 2. The summed E-state index contributed by atoms with van der Waals surface area (Å²) in [5.41, 5.74) is 1.63. The molecule has 4 nitrogen and oxygen atoms in total. The highest BCUT2D eigenvalue weighted by molar-refractivity contribution is 6.11. The van der Waals surface area contributed by atoms with E-state index in [1.165, 1.54) is 18.2 Å². The van der Waals surface area contributed by atoms with Crippen molar-refractivity contribution < 1.29 is 15.0 Å². The first-order valence-corrected chi connectivity index (χ1v) is 6.99. The SMILES string of the molecule is CCN(CC)c1ccc(C(=O)c2cccc(O)c2O)cc1. The van der Waals surface area contributed by atoms with Gasteiger partial charge in [-0.2, -0.15) is 0 Å². The molecule has 0 aliphatic heterocycles. The lowest BCUT2D eigenvalue weighted by atomic mass is 10.0. The van der Waals surface area contributed by atoms with Gasteiger partial charge in [0.25, 0.3) is 0 Å². The first-order valence-electron chi connectivity index (χ1n) is 6.99. The molecule has 0 atom stereocenters. The van der Waals surface area contributed by atoms with Gasteiger partial charge in [0.05, 0.1) is 5.56 Å². The molecule has 4 heteroatoms. The van der Waals surface area contributed by atoms with E-state index in [0.29, 0.717) is 5.56 Å². The number of aromatic hydroxyl groups is 2. The van der Waals surface area contributed by atoms with Crippen molar-refractivity contribution in [2.75, 3.05) is 18.0 Å². The van der Waals surface area contributed by atoms with Crippen molar-refractivity contribution in [3.05, 3.63) is 53.6 Å². The molecular formula is C17H19NO3. The highest BCUT2D eigenvalue weighted by atomic mass is 16.3. The zero-order valence-electron chi connectivity index (χ0n) is 12.2. The molecule has 0 amide bonds. The summed E-state index contributed by atoms with van der Waals surface area (Å²) in [4.78, 5) is 14.5. The normalized spacial score (nSPS) is 10.4. The van der Waals surface area contributed by atoms with Gasteiger partial charge in [0.2, 0.25) is 0 Å². The molecule has 0 heterocycles. The summed E-state index contributed by atoms with van der Waals surface area (Å²) in [5, 5.41) is 19.2. The van der Waals surface area contributed by atoms with E-state index in [0.717, 1.165) is 18.8 Å². The molecule has 21 heavy (non-hydrogen) atoms. The fourth-order valence-corrected chi connectivity index (χ4v) is 2.28. The van der Waals surface area contributed by atoms with E-state index in [2.05, 4.69) is 18.7 Å². The Kier molecular flexibility index (Phi) is 4.48. The number of para-hydroxylation sites is 1. The van der Waals surface area contributed by atoms with Gasteiger partial charge in [-0.05, 0) is 50.2 Å². The molecule has 110 valence electrons. The fraction of sp³-hybridized carbons (Fsp3) is 0.235. The van der Waals surface area contributed by atoms with Crippen molar-refractivity contribution in [1.29, 1.82) is 0 Å². The van der Waals surface area contributed by atoms with Gasteiger partial charge in [-0.1, -0.05) is 6.07 Å². The van der Waals surface area contributed by atoms with E-state index < -0.39 is 0 Å². The van der Waals surface area contributed by atoms with Crippen LogP contribution in [0.25, 0.3) is 0 Å². The summed E-state index contributed by atoms with van der Waals surface area (Å²) in [6, 6.07) is 11.6. The molecule has 2 aromatic carbocycles. The molecule has 0 bridgehead atoms. The molecular weight excluding hydrogens is 266 g/mol. The summed E-state index contributed by atoms with van der Waals surface area (Å²) in [6.45, 7) is 5.95. The van der Waals surface area contributed by atoms with Gasteiger partial charge >= 0.3 is 0 Å². The average molecular weight is 285 g/mol. The quantitative estimate of drug-likeness (QED) is 0.654. The molecule has 2 N–H and O–H groups in total. The Hall–Kier alpha value is -2.49. The Morgan fingerprint density at radius 1 is 1.00 bits per heavy atom. The summed E-state index contributed by atoms with van der Waals surface area (Å²) in [7, 11) is 0. The second kappa shape index (κ2) is 6.31. The molecule has 2 aromatic rings. The molecule has 0 fully saturated rings. The van der Waals surface area contributed by atoms with Crippen LogP contribution in [0.4, 0.5) is 5.69 Å². The molecule has 0 spiro atoms. The molecule has 0 aliphatic rings. The Labute approximate surface area is 124 Å². The van der Waals surface area contributed by atoms with Crippen molar-refractivity contribution in [3.8, 4) is 11.5 Å². The van der Waals surface area contributed by atoms with Gasteiger partial charge in [-0.3, -0.25) is 4.79 Å². The van der Waals surface area contributed by atoms with Crippen molar-refractivity contribution in [1.82, 2.24) is 0 Å². The predicted molar refractivity (Wildman–Crippen MR) is 83.2 cm³/mol. The first kappa shape index (κ1) is 14.9. The lowest BCUT2D eigenvalue weighted by molar-refractivity contribution is 0.103. The Morgan fingerprint density at radius 3 is 2.19 bits per heavy atom. The van der Waals surface area contributed by atoms with E-state index in [1.807, 2.05) is 12.1 Å². The van der Waals surface area contributed by atoms with E-state index >= 15 is 0 Å². The molecule has 2 rings (SSSR count). The summed E-state index contributed by atoms with van der Waals surface area (Å²) in [5.74, 6) is -0.981. The third kappa shape index (κ3) is 2.99. The second-order valence-electron chi connectivity index (χ2n) is 4.72. The third-order valence-corrected chi connectivity index (χ3v) is 3.52. The standard InChI is InChI=1S/C17H19NO3/c1-3-18(4-2)13-10-8-12(9-11-13)16(20)14-6-5-7-15(19)17(14)21/h5-11,19,21H,3-4H2,1-2H3. The highest BCUT2D eigenvalue weighted by Gasteiger charge is 2.16. The molecule has 0 aromatic heterocycles. The predicted octanol–water partition coefficient (Wildman–Crippen LogP) is 3.18. The minimum absolute atomic E-state index is 0.102. The van der Waals surface area contributed by atoms with Crippen LogP contribution in [0.1, 0.15) is 29.8 Å². The van der Waals surface area contributed by atoms with E-state index in [-0.39, 0.29) is 22.8 Å². The van der Waals surface area contributed by atoms with Gasteiger partial charge in [-0.15, -0.1) is 0 Å². The van der Waals surface area contributed by atoms with E-state index in [9.17, 15) is 15.0 Å². The van der Waals surface area contributed by atoms with Gasteiger partial charge < -0.3 is 15.1 Å². The van der Waals surface area contributed by atoms with Crippen LogP contribution in [-0.2, 0) is 0 Å². The molecule has 0 unspecified atom stereocenters. The maximum atomic E-state index is 12.4. The molecule has 0 saturated carbocycles. The lowest BCUT2D eigenvalue weighted by Crippen LogP contribution is -2.21. The van der Waals surface area contributed by atoms with E-state index in [1.54, 1.807) is 12.1 Å². The van der Waals surface area contributed by atoms with Gasteiger partial charge in [-0.25, -0.2) is 0 Å². The number of carbonyl (C=O) groups excluding carboxylic acids is 1. The Bertz CT molecular complexity index is 631. The average Bonchev–Trinajstić information content (AvgIpc) is 2.51. The maximum absolute atomic E-state index is 12.4. The number of phenolic OH excluding ortho intramolecular Hbond substituents is 2. The number of hydrogen-bond acceptors (Lipinski definition) is 4. The van der Waals surface area contributed by atoms with Crippen LogP contribution >= 0.6 is 0 Å². The fourth-order valence-electron chi connectivity index (χ4n) is 2.28. The number of nitrogens with zero attached hydrogens (tertiary/aromatic N) is 1. The monoisotopic (exact) mass is 285 g/mol. The smallest absolute Gasteiger partial charge is 0.196 e. The Balaban J connectivity index is 2.30. The highest BCUT2D eigenvalue weighted by Crippen LogP contribution is 2.30. The minimum atomic E-state index is -0.379. The number of anilines is 1. The van der Waals surface area contributed by atoms with Crippen molar-refractivity contribution in [2.24, 2.45) is 0 Å². The summed E-state index contributed by atoms with van der Waals surface area (Å²) >= 11 is 0. The maximum Gasteiger partial charge on any atom is 0.196 e. The lowest BCUT2D eigenvalue weighted by Gasteiger charge is -2.21. The number of rotatable bonds is 5. The number of carbonyl (C=O) groups is 1. The number of benzene rings is 2. The van der Waals surface area contributed by atoms with Crippen LogP contribution < -0.4 is 4.90 Å². The van der Waals surface area contributed by atoms with Crippen LogP contribution in [0.15, 0.2) is 42.5 Å². The van der Waals surface area contributed by atoms with Crippen LogP contribution in [-0.4, -0.2) is 29.1 Å². The van der Waals surface area contributed by atoms with Crippen molar-refractivity contribution in [2.45, 2.75) is 13.8 Å². The third-order valence-electron chi connectivity index (χ3n) is 3.52. The van der Waals surface area contributed by atoms with Gasteiger partial charge in [0.15, 0.2) is 17.3 Å². The number of ketones is 1. The zero-order valence-corrected chi connectivity index (χ0v) is 12.2. The summed E-state index contributed by atoms with van der Waals surface area (Å²) in [6.07, 6.45) is 0. The zero-order chi connectivity index (χ0) is 15.4. The van der Waals surface area contributed by atoms with E-state index in [4.69, 9.17) is 0 Å². The van der Waals surface area contributed by atoms with Crippen molar-refractivity contribution >= 4 is 11.5 Å². The van der Waals surface area contributed by atoms with Crippen LogP contribution in [0.3, 0.4) is 0 Å². The molecule has 0 saturated heterocycles. The number of hydrogen-bond donors (Lipinski definition) is 2. The van der Waals surface area contributed by atoms with Gasteiger partial charge in [0.1, 0.15) is 0 Å². The van der Waals surface area contributed by atoms with Gasteiger partial charge in [0, 0.05) is 24.3 Å². The second-order valence-corrected chi connectivity index (χ2v) is 4.72. The summed E-state index contributed by atoms with van der Waals surface area (Å²) < 4.78 is 0. The topological polar surface area (TPSA) is 60.8 Å². The largest absolute Gasteiger partial charge is 0.504 e. The molecule has 0 aliphatic carbocycles. The van der Waals surface area contributed by atoms with Crippen molar-refractivity contribution in [3.63, 3.8) is 0 Å². The molecule has 0 radical (unpaired) electrons. The minimum Gasteiger partial charge on any atom is -0.504 e. The first-order chi connectivity index (χ1) is 10.1. The van der Waals surface area contributed by atoms with Crippen LogP contribution in [0.2, 0.25) is 0 Å².